The van der Waals surface area contributed by atoms with Crippen LogP contribution in [0.15, 0.2) is 54.9 Å². The fourth-order valence-corrected chi connectivity index (χ4v) is 3.31. The Morgan fingerprint density at radius 1 is 1.22 bits per heavy atom. The maximum absolute atomic E-state index is 13.9. The Bertz CT molecular complexity index is 954. The summed E-state index contributed by atoms with van der Waals surface area (Å²) in [6.45, 7) is 3.19. The zero-order chi connectivity index (χ0) is 19.4. The summed E-state index contributed by atoms with van der Waals surface area (Å²) in [6.07, 6.45) is 1.76. The summed E-state index contributed by atoms with van der Waals surface area (Å²) in [5.74, 6) is -0.113. The number of aromatic nitrogens is 3. The van der Waals surface area contributed by atoms with Crippen LogP contribution in [0.25, 0.3) is 0 Å². The summed E-state index contributed by atoms with van der Waals surface area (Å²) in [4.78, 5) is 2.03. The third-order valence-electron chi connectivity index (χ3n) is 4.50. The van der Waals surface area contributed by atoms with Crippen molar-refractivity contribution in [1.82, 2.24) is 19.2 Å². The number of ether oxygens (including phenoxy) is 1. The van der Waals surface area contributed by atoms with Crippen molar-refractivity contribution >= 4 is 12.2 Å². The molecule has 1 atom stereocenters. The minimum Gasteiger partial charge on any atom is -0.494 e. The molecule has 1 aromatic heterocycles. The molecule has 142 valence electrons. The lowest BCUT2D eigenvalue weighted by atomic mass is 10.1. The van der Waals surface area contributed by atoms with Gasteiger partial charge in [0.25, 0.3) is 0 Å². The van der Waals surface area contributed by atoms with E-state index >= 15 is 0 Å². The van der Waals surface area contributed by atoms with E-state index < -0.39 is 0 Å². The van der Waals surface area contributed by atoms with Gasteiger partial charge in [0.1, 0.15) is 6.33 Å². The molecule has 0 unspecified atom stereocenters. The first-order valence-electron chi connectivity index (χ1n) is 8.69. The van der Waals surface area contributed by atoms with Crippen molar-refractivity contribution in [1.29, 1.82) is 0 Å². The van der Waals surface area contributed by atoms with Gasteiger partial charge in [-0.15, -0.1) is 0 Å². The first-order valence-corrected chi connectivity index (χ1v) is 9.10. The van der Waals surface area contributed by atoms with Gasteiger partial charge in [-0.2, -0.15) is 5.10 Å². The molecular weight excluding hydrogens is 363 g/mol. The number of rotatable bonds is 7. The van der Waals surface area contributed by atoms with Crippen molar-refractivity contribution in [2.45, 2.75) is 26.2 Å². The smallest absolute Gasteiger partial charge is 0.199 e. The van der Waals surface area contributed by atoms with Crippen LogP contribution < -0.4 is 4.74 Å². The zero-order valence-corrected chi connectivity index (χ0v) is 16.5. The van der Waals surface area contributed by atoms with Gasteiger partial charge in [-0.3, -0.25) is 9.47 Å². The van der Waals surface area contributed by atoms with E-state index in [-0.39, 0.29) is 17.6 Å². The number of methoxy groups -OCH3 is 1. The molecule has 7 heteroatoms. The van der Waals surface area contributed by atoms with Crippen LogP contribution in [0.2, 0.25) is 0 Å². The Morgan fingerprint density at radius 2 is 1.96 bits per heavy atom. The average Bonchev–Trinajstić information content (AvgIpc) is 3.02. The second kappa shape index (κ2) is 8.45. The SMILES string of the molecule is COc1ccc(CN(C)Cn2ncn([C@H](C)c3ccccc3)c2=S)cc1F. The van der Waals surface area contributed by atoms with Crippen LogP contribution in [0.3, 0.4) is 0 Å². The lowest BCUT2D eigenvalue weighted by molar-refractivity contribution is 0.243. The van der Waals surface area contributed by atoms with E-state index in [1.807, 2.05) is 40.8 Å². The number of nitrogens with zero attached hydrogens (tertiary/aromatic N) is 4. The molecule has 2 aromatic carbocycles. The highest BCUT2D eigenvalue weighted by Crippen LogP contribution is 2.19. The number of hydrogen-bond donors (Lipinski definition) is 0. The van der Waals surface area contributed by atoms with E-state index in [1.165, 1.54) is 18.7 Å². The molecular formula is C20H23FN4OS. The summed E-state index contributed by atoms with van der Waals surface area (Å²) < 4.78 is 23.2. The van der Waals surface area contributed by atoms with E-state index in [0.29, 0.717) is 18.0 Å². The number of hydrogen-bond acceptors (Lipinski definition) is 4. The third kappa shape index (κ3) is 4.43. The molecule has 0 N–H and O–H groups in total. The maximum Gasteiger partial charge on any atom is 0.199 e. The van der Waals surface area contributed by atoms with Crippen molar-refractivity contribution in [3.63, 3.8) is 0 Å². The molecule has 1 heterocycles. The fraction of sp³-hybridized carbons (Fsp3) is 0.300. The van der Waals surface area contributed by atoms with Gasteiger partial charge in [-0.25, -0.2) is 9.07 Å². The molecule has 3 rings (SSSR count). The Kier molecular flexibility index (Phi) is 6.03. The Labute approximate surface area is 163 Å². The highest BCUT2D eigenvalue weighted by atomic mass is 32.1. The molecule has 0 fully saturated rings. The molecule has 3 aromatic rings. The van der Waals surface area contributed by atoms with Gasteiger partial charge in [-0.05, 0) is 49.4 Å². The minimum absolute atomic E-state index is 0.105. The van der Waals surface area contributed by atoms with E-state index in [4.69, 9.17) is 17.0 Å². The van der Waals surface area contributed by atoms with Gasteiger partial charge in [0.05, 0.1) is 19.8 Å². The van der Waals surface area contributed by atoms with Crippen LogP contribution in [0.5, 0.6) is 5.75 Å². The highest BCUT2D eigenvalue weighted by Gasteiger charge is 2.12. The Morgan fingerprint density at radius 3 is 2.63 bits per heavy atom. The van der Waals surface area contributed by atoms with Crippen LogP contribution in [0.4, 0.5) is 4.39 Å². The zero-order valence-electron chi connectivity index (χ0n) is 15.7. The van der Waals surface area contributed by atoms with Gasteiger partial charge in [0.2, 0.25) is 0 Å². The quantitative estimate of drug-likeness (QED) is 0.569. The van der Waals surface area contributed by atoms with Gasteiger partial charge in [-0.1, -0.05) is 36.4 Å². The van der Waals surface area contributed by atoms with Crippen LogP contribution >= 0.6 is 12.2 Å². The monoisotopic (exact) mass is 386 g/mol. The van der Waals surface area contributed by atoms with Crippen LogP contribution in [0.1, 0.15) is 24.1 Å². The fourth-order valence-electron chi connectivity index (χ4n) is 3.00. The van der Waals surface area contributed by atoms with Crippen molar-refractivity contribution in [2.75, 3.05) is 14.2 Å². The minimum atomic E-state index is -0.360. The molecule has 5 nitrogen and oxygen atoms in total. The van der Waals surface area contributed by atoms with E-state index in [0.717, 1.165) is 5.56 Å². The normalized spacial score (nSPS) is 12.3. The molecule has 0 saturated carbocycles. The van der Waals surface area contributed by atoms with Gasteiger partial charge >= 0.3 is 0 Å². The first kappa shape index (κ1) is 19.3. The number of benzene rings is 2. The molecule has 0 radical (unpaired) electrons. The summed E-state index contributed by atoms with van der Waals surface area (Å²) in [7, 11) is 3.41. The standard InChI is InChI=1S/C20H23FN4OS/c1-15(17-7-5-4-6-8-17)24-13-22-25(20(24)27)14-23(2)12-16-9-10-19(26-3)18(21)11-16/h4-11,13,15H,12,14H2,1-3H3/t15-/m1/s1. The predicted molar refractivity (Wildman–Crippen MR) is 106 cm³/mol. The molecule has 0 aliphatic carbocycles. The van der Waals surface area contributed by atoms with Crippen molar-refractivity contribution < 1.29 is 9.13 Å². The number of halogens is 1. The Hall–Kier alpha value is -2.51. The molecule has 27 heavy (non-hydrogen) atoms. The van der Waals surface area contributed by atoms with Crippen molar-refractivity contribution in [2.24, 2.45) is 0 Å². The summed E-state index contributed by atoms with van der Waals surface area (Å²) >= 11 is 5.60. The second-order valence-electron chi connectivity index (χ2n) is 6.53. The lowest BCUT2D eigenvalue weighted by Crippen LogP contribution is -2.23. The molecule has 0 saturated heterocycles. The summed E-state index contributed by atoms with van der Waals surface area (Å²) in [5.41, 5.74) is 2.04. The summed E-state index contributed by atoms with van der Waals surface area (Å²) in [5, 5.41) is 4.43. The third-order valence-corrected chi connectivity index (χ3v) is 4.92. The molecule has 0 amide bonds. The topological polar surface area (TPSA) is 35.2 Å². The molecule has 0 aliphatic heterocycles. The van der Waals surface area contributed by atoms with E-state index in [1.54, 1.807) is 17.1 Å². The van der Waals surface area contributed by atoms with Gasteiger partial charge in [0, 0.05) is 6.54 Å². The van der Waals surface area contributed by atoms with Crippen LogP contribution in [0, 0.1) is 10.6 Å². The first-order chi connectivity index (χ1) is 13.0. The lowest BCUT2D eigenvalue weighted by Gasteiger charge is -2.17. The van der Waals surface area contributed by atoms with Gasteiger partial charge < -0.3 is 4.74 Å². The molecule has 0 spiro atoms. The van der Waals surface area contributed by atoms with Crippen LogP contribution in [-0.4, -0.2) is 33.4 Å². The highest BCUT2D eigenvalue weighted by molar-refractivity contribution is 7.71. The van der Waals surface area contributed by atoms with E-state index in [2.05, 4.69) is 24.2 Å². The average molecular weight is 386 g/mol. The van der Waals surface area contributed by atoms with Crippen molar-refractivity contribution in [3.8, 4) is 5.75 Å². The maximum atomic E-state index is 13.9. The molecule has 0 aliphatic rings. The van der Waals surface area contributed by atoms with Crippen LogP contribution in [-0.2, 0) is 13.2 Å². The largest absolute Gasteiger partial charge is 0.494 e. The Balaban J connectivity index is 1.70. The second-order valence-corrected chi connectivity index (χ2v) is 6.90. The molecule has 0 bridgehead atoms. The van der Waals surface area contributed by atoms with Gasteiger partial charge in [0.15, 0.2) is 16.3 Å². The summed E-state index contributed by atoms with van der Waals surface area (Å²) in [6, 6.07) is 15.3. The predicted octanol–water partition coefficient (Wildman–Crippen LogP) is 4.26. The van der Waals surface area contributed by atoms with Crippen molar-refractivity contribution in [3.05, 3.63) is 76.6 Å². The van der Waals surface area contributed by atoms with E-state index in [9.17, 15) is 4.39 Å².